The summed E-state index contributed by atoms with van der Waals surface area (Å²) < 4.78 is 0. The van der Waals surface area contributed by atoms with E-state index in [-0.39, 0.29) is 0 Å². The van der Waals surface area contributed by atoms with Crippen molar-refractivity contribution < 1.29 is 0 Å². The van der Waals surface area contributed by atoms with E-state index in [1.54, 1.807) is 0 Å². The molecule has 0 saturated carbocycles. The standard InChI is InChI=1S/C57H39N/c1-38-28-30-41(31-29-38)58(42-32-34-48-46-22-8-12-24-50(46)56(54(48)36-42,39-16-4-2-5-17-39)40-18-6-3-7-19-40)43-33-35-49-47-23-11-15-27-53(47)57(55(49)37-43)51-25-13-9-20-44(51)45-21-10-14-26-52(45)57/h2-37H,1H3. The first kappa shape index (κ1) is 33.0. The fourth-order valence-electron chi connectivity index (χ4n) is 10.9. The fourth-order valence-corrected chi connectivity index (χ4v) is 10.9. The van der Waals surface area contributed by atoms with Crippen molar-refractivity contribution in [2.45, 2.75) is 17.8 Å². The van der Waals surface area contributed by atoms with E-state index in [0.29, 0.717) is 0 Å². The second kappa shape index (κ2) is 12.4. The number of nitrogens with zero attached hydrogens (tertiary/aromatic N) is 1. The quantitative estimate of drug-likeness (QED) is 0.170. The largest absolute Gasteiger partial charge is 0.310 e. The van der Waals surface area contributed by atoms with Gasteiger partial charge in [0.2, 0.25) is 0 Å². The van der Waals surface area contributed by atoms with E-state index >= 15 is 0 Å². The minimum atomic E-state index is -0.496. The maximum absolute atomic E-state index is 2.50. The van der Waals surface area contributed by atoms with Gasteiger partial charge in [0, 0.05) is 17.1 Å². The Morgan fingerprint density at radius 1 is 0.276 bits per heavy atom. The summed E-state index contributed by atoms with van der Waals surface area (Å²) in [7, 11) is 0. The third kappa shape index (κ3) is 4.31. The van der Waals surface area contributed by atoms with Crippen molar-refractivity contribution >= 4 is 17.1 Å². The van der Waals surface area contributed by atoms with E-state index in [2.05, 4.69) is 230 Å². The SMILES string of the molecule is Cc1ccc(N(c2ccc3c(c2)C(c2ccccc2)(c2ccccc2)c2ccccc2-3)c2ccc3c(c2)C2(c4ccccc4-c4ccccc42)c2ccccc2-3)cc1. The van der Waals surface area contributed by atoms with Crippen LogP contribution in [0.25, 0.3) is 33.4 Å². The van der Waals surface area contributed by atoms with Crippen molar-refractivity contribution in [3.63, 3.8) is 0 Å². The van der Waals surface area contributed by atoms with E-state index < -0.39 is 10.8 Å². The molecule has 0 heterocycles. The molecule has 0 fully saturated rings. The highest BCUT2D eigenvalue weighted by molar-refractivity contribution is 5.97. The lowest BCUT2D eigenvalue weighted by atomic mass is 9.67. The Labute approximate surface area is 340 Å². The first-order valence-electron chi connectivity index (χ1n) is 20.3. The molecule has 0 aromatic heterocycles. The maximum atomic E-state index is 2.50. The Morgan fingerprint density at radius 3 is 1.03 bits per heavy atom. The van der Waals surface area contributed by atoms with Crippen LogP contribution in [-0.2, 0) is 10.8 Å². The van der Waals surface area contributed by atoms with Gasteiger partial charge in [-0.15, -0.1) is 0 Å². The van der Waals surface area contributed by atoms with Crippen LogP contribution in [0.2, 0.25) is 0 Å². The minimum Gasteiger partial charge on any atom is -0.310 e. The molecule has 3 aliphatic rings. The molecule has 0 N–H and O–H groups in total. The highest BCUT2D eigenvalue weighted by Crippen LogP contribution is 2.64. The molecule has 0 saturated heterocycles. The van der Waals surface area contributed by atoms with E-state index in [0.717, 1.165) is 17.1 Å². The first-order valence-corrected chi connectivity index (χ1v) is 20.3. The second-order valence-electron chi connectivity index (χ2n) is 16.0. The lowest BCUT2D eigenvalue weighted by molar-refractivity contribution is 0.768. The van der Waals surface area contributed by atoms with Gasteiger partial charge < -0.3 is 4.90 Å². The van der Waals surface area contributed by atoms with Gasteiger partial charge in [-0.05, 0) is 121 Å². The van der Waals surface area contributed by atoms with Gasteiger partial charge in [0.1, 0.15) is 0 Å². The van der Waals surface area contributed by atoms with Crippen LogP contribution in [0, 0.1) is 6.92 Å². The monoisotopic (exact) mass is 737 g/mol. The number of aryl methyl sites for hydroxylation is 1. The third-order valence-electron chi connectivity index (χ3n) is 13.2. The smallest absolute Gasteiger partial charge is 0.0726 e. The molecule has 58 heavy (non-hydrogen) atoms. The lowest BCUT2D eigenvalue weighted by Gasteiger charge is -2.35. The third-order valence-corrected chi connectivity index (χ3v) is 13.2. The van der Waals surface area contributed by atoms with E-state index in [9.17, 15) is 0 Å². The van der Waals surface area contributed by atoms with Crippen molar-refractivity contribution in [3.05, 3.63) is 268 Å². The molecule has 0 unspecified atom stereocenters. The van der Waals surface area contributed by atoms with Crippen molar-refractivity contribution in [1.82, 2.24) is 0 Å². The Hall–Kier alpha value is -7.22. The Kier molecular flexibility index (Phi) is 7.04. The van der Waals surface area contributed by atoms with Crippen molar-refractivity contribution in [3.8, 4) is 33.4 Å². The first-order chi connectivity index (χ1) is 28.7. The summed E-state index contributed by atoms with van der Waals surface area (Å²) in [6.07, 6.45) is 0. The summed E-state index contributed by atoms with van der Waals surface area (Å²) in [5, 5.41) is 0. The number of hydrogen-bond donors (Lipinski definition) is 0. The van der Waals surface area contributed by atoms with Gasteiger partial charge in [0.15, 0.2) is 0 Å². The molecule has 1 nitrogen and oxygen atoms in total. The van der Waals surface area contributed by atoms with Crippen LogP contribution in [0.15, 0.2) is 218 Å². The average Bonchev–Trinajstić information content (AvgIpc) is 3.88. The summed E-state index contributed by atoms with van der Waals surface area (Å²) in [4.78, 5) is 2.48. The van der Waals surface area contributed by atoms with Crippen LogP contribution >= 0.6 is 0 Å². The van der Waals surface area contributed by atoms with Gasteiger partial charge in [0.05, 0.1) is 10.8 Å². The van der Waals surface area contributed by atoms with Crippen LogP contribution in [0.1, 0.15) is 50.1 Å². The molecule has 3 aliphatic carbocycles. The Balaban J connectivity index is 1.13. The average molecular weight is 738 g/mol. The molecule has 12 rings (SSSR count). The molecule has 0 atom stereocenters. The second-order valence-corrected chi connectivity index (χ2v) is 16.0. The number of rotatable bonds is 5. The van der Waals surface area contributed by atoms with Gasteiger partial charge in [-0.1, -0.05) is 188 Å². The predicted molar refractivity (Wildman–Crippen MR) is 239 cm³/mol. The zero-order valence-corrected chi connectivity index (χ0v) is 32.2. The molecule has 1 heteroatoms. The van der Waals surface area contributed by atoms with Crippen LogP contribution < -0.4 is 4.90 Å². The van der Waals surface area contributed by atoms with Crippen LogP contribution in [0.4, 0.5) is 17.1 Å². The topological polar surface area (TPSA) is 3.24 Å². The number of benzene rings is 9. The van der Waals surface area contributed by atoms with Gasteiger partial charge >= 0.3 is 0 Å². The summed E-state index contributed by atoms with van der Waals surface area (Å²) >= 11 is 0. The number of hydrogen-bond acceptors (Lipinski definition) is 1. The molecule has 0 radical (unpaired) electrons. The van der Waals surface area contributed by atoms with Gasteiger partial charge in [0.25, 0.3) is 0 Å². The van der Waals surface area contributed by atoms with Crippen molar-refractivity contribution in [2.24, 2.45) is 0 Å². The fraction of sp³-hybridized carbons (Fsp3) is 0.0526. The molecular formula is C57H39N. The summed E-state index contributed by atoms with van der Waals surface area (Å²) in [6.45, 7) is 2.17. The molecule has 9 aromatic rings. The van der Waals surface area contributed by atoms with Crippen LogP contribution in [0.5, 0.6) is 0 Å². The van der Waals surface area contributed by atoms with Crippen molar-refractivity contribution in [1.29, 1.82) is 0 Å². The highest BCUT2D eigenvalue weighted by Gasteiger charge is 2.52. The summed E-state index contributed by atoms with van der Waals surface area (Å²) in [5.74, 6) is 0. The minimum absolute atomic E-state index is 0.427. The van der Waals surface area contributed by atoms with Gasteiger partial charge in [-0.25, -0.2) is 0 Å². The molecule has 1 spiro atoms. The summed E-state index contributed by atoms with van der Waals surface area (Å²) in [5.41, 5.74) is 22.0. The van der Waals surface area contributed by atoms with Gasteiger partial charge in [-0.2, -0.15) is 0 Å². The predicted octanol–water partition coefficient (Wildman–Crippen LogP) is 14.2. The van der Waals surface area contributed by atoms with E-state index in [1.807, 2.05) is 0 Å². The van der Waals surface area contributed by atoms with E-state index in [1.165, 1.54) is 83.5 Å². The number of anilines is 3. The van der Waals surface area contributed by atoms with Crippen molar-refractivity contribution in [2.75, 3.05) is 4.90 Å². The van der Waals surface area contributed by atoms with Crippen LogP contribution in [-0.4, -0.2) is 0 Å². The normalized spacial score (nSPS) is 14.2. The number of fused-ring (bicyclic) bond motifs is 13. The molecule has 0 bridgehead atoms. The molecule has 0 aliphatic heterocycles. The van der Waals surface area contributed by atoms with Gasteiger partial charge in [-0.3, -0.25) is 0 Å². The van der Waals surface area contributed by atoms with E-state index in [4.69, 9.17) is 0 Å². The summed E-state index contributed by atoms with van der Waals surface area (Å²) in [6, 6.07) is 81.8. The Morgan fingerprint density at radius 2 is 0.603 bits per heavy atom. The zero-order chi connectivity index (χ0) is 38.4. The molecule has 9 aromatic carbocycles. The highest BCUT2D eigenvalue weighted by atomic mass is 15.1. The lowest BCUT2D eigenvalue weighted by Crippen LogP contribution is -2.28. The zero-order valence-electron chi connectivity index (χ0n) is 32.2. The van der Waals surface area contributed by atoms with Crippen LogP contribution in [0.3, 0.4) is 0 Å². The maximum Gasteiger partial charge on any atom is 0.0726 e. The molecular weight excluding hydrogens is 699 g/mol. The Bertz CT molecular complexity index is 2860. The molecule has 272 valence electrons. The molecule has 0 amide bonds.